The second kappa shape index (κ2) is 7.42. The minimum Gasteiger partial charge on any atom is -0.494 e. The average molecular weight is 315 g/mol. The highest BCUT2D eigenvalue weighted by Crippen LogP contribution is 2.23. The molecule has 6 nitrogen and oxygen atoms in total. The maximum absolute atomic E-state index is 12.4. The lowest BCUT2D eigenvalue weighted by Gasteiger charge is -2.17. The van der Waals surface area contributed by atoms with Gasteiger partial charge in [-0.3, -0.25) is 4.79 Å². The minimum absolute atomic E-state index is 0.121. The van der Waals surface area contributed by atoms with E-state index >= 15 is 0 Å². The quantitative estimate of drug-likeness (QED) is 0.714. The van der Waals surface area contributed by atoms with Crippen LogP contribution in [-0.4, -0.2) is 45.5 Å². The number of carbonyl (C=O) groups excluding carboxylic acids is 1. The van der Waals surface area contributed by atoms with Crippen LogP contribution in [0.4, 0.5) is 0 Å². The molecule has 0 fully saturated rings. The fraction of sp³-hybridized carbons (Fsp3) is 0.500. The highest BCUT2D eigenvalue weighted by Gasteiger charge is 2.24. The monoisotopic (exact) mass is 315 g/mol. The first-order chi connectivity index (χ1) is 9.82. The first-order valence-corrected chi connectivity index (χ1v) is 8.12. The minimum atomic E-state index is -3.73. The Labute approximate surface area is 125 Å². The van der Waals surface area contributed by atoms with Gasteiger partial charge in [0, 0.05) is 7.05 Å². The van der Waals surface area contributed by atoms with E-state index in [-0.39, 0.29) is 18.0 Å². The summed E-state index contributed by atoms with van der Waals surface area (Å²) in [6, 6.07) is 4.61. The first kappa shape index (κ1) is 17.5. The number of sulfonamides is 1. The lowest BCUT2D eigenvalue weighted by Crippen LogP contribution is -2.33. The van der Waals surface area contributed by atoms with E-state index in [1.54, 1.807) is 19.9 Å². The van der Waals surface area contributed by atoms with Crippen molar-refractivity contribution in [2.75, 3.05) is 26.8 Å². The van der Waals surface area contributed by atoms with Crippen molar-refractivity contribution < 1.29 is 22.7 Å². The Morgan fingerprint density at radius 1 is 1.24 bits per heavy atom. The zero-order chi connectivity index (χ0) is 16.0. The van der Waals surface area contributed by atoms with Crippen LogP contribution in [0.15, 0.2) is 23.1 Å². The number of hydrogen-bond donors (Lipinski definition) is 0. The van der Waals surface area contributed by atoms with Crippen molar-refractivity contribution in [2.45, 2.75) is 25.7 Å². The molecule has 1 aromatic carbocycles. The van der Waals surface area contributed by atoms with Gasteiger partial charge in [0.1, 0.15) is 12.3 Å². The Bertz CT molecular complexity index is 597. The number of esters is 1. The molecule has 0 heterocycles. The molecular formula is C14H21NO5S. The summed E-state index contributed by atoms with van der Waals surface area (Å²) in [6.45, 7) is 5.71. The number of benzene rings is 1. The maximum atomic E-state index is 12.4. The summed E-state index contributed by atoms with van der Waals surface area (Å²) in [5, 5.41) is 0. The molecule has 1 aromatic rings. The van der Waals surface area contributed by atoms with Crippen LogP contribution < -0.4 is 4.74 Å². The standard InChI is InChI=1S/C14H21NO5S/c1-5-19-13-8-7-12(9-11(13)3)21(17,18)15(4)10-14(16)20-6-2/h7-9H,5-6,10H2,1-4H3. The second-order valence-electron chi connectivity index (χ2n) is 4.43. The van der Waals surface area contributed by atoms with Gasteiger partial charge in [0.05, 0.1) is 18.1 Å². The van der Waals surface area contributed by atoms with E-state index < -0.39 is 16.0 Å². The van der Waals surface area contributed by atoms with Crippen molar-refractivity contribution in [1.82, 2.24) is 4.31 Å². The molecule has 7 heteroatoms. The lowest BCUT2D eigenvalue weighted by atomic mass is 10.2. The topological polar surface area (TPSA) is 72.9 Å². The molecule has 0 saturated heterocycles. The van der Waals surface area contributed by atoms with Gasteiger partial charge >= 0.3 is 5.97 Å². The van der Waals surface area contributed by atoms with Crippen molar-refractivity contribution in [3.63, 3.8) is 0 Å². The largest absolute Gasteiger partial charge is 0.494 e. The van der Waals surface area contributed by atoms with E-state index in [1.807, 2.05) is 6.92 Å². The molecular weight excluding hydrogens is 294 g/mol. The molecule has 0 radical (unpaired) electrons. The van der Waals surface area contributed by atoms with E-state index in [1.165, 1.54) is 19.2 Å². The fourth-order valence-electron chi connectivity index (χ4n) is 1.75. The Hall–Kier alpha value is -1.60. The van der Waals surface area contributed by atoms with Gasteiger partial charge in [-0.1, -0.05) is 0 Å². The molecule has 0 spiro atoms. The third-order valence-corrected chi connectivity index (χ3v) is 4.61. The molecule has 1 rings (SSSR count). The Kier molecular flexibility index (Phi) is 6.17. The number of rotatable bonds is 7. The van der Waals surface area contributed by atoms with E-state index in [4.69, 9.17) is 9.47 Å². The zero-order valence-corrected chi connectivity index (χ0v) is 13.6. The van der Waals surface area contributed by atoms with Gasteiger partial charge in [0.25, 0.3) is 0 Å². The summed E-state index contributed by atoms with van der Waals surface area (Å²) < 4.78 is 35.8. The van der Waals surface area contributed by atoms with E-state index in [2.05, 4.69) is 0 Å². The Morgan fingerprint density at radius 3 is 2.43 bits per heavy atom. The summed E-state index contributed by atoms with van der Waals surface area (Å²) in [5.74, 6) is 0.0655. The van der Waals surface area contributed by atoms with Crippen LogP contribution in [0.25, 0.3) is 0 Å². The van der Waals surface area contributed by atoms with Crippen molar-refractivity contribution in [3.8, 4) is 5.75 Å². The Morgan fingerprint density at radius 2 is 1.90 bits per heavy atom. The highest BCUT2D eigenvalue weighted by molar-refractivity contribution is 7.89. The molecule has 118 valence electrons. The van der Waals surface area contributed by atoms with Crippen LogP contribution in [0.3, 0.4) is 0 Å². The normalized spacial score (nSPS) is 11.5. The third kappa shape index (κ3) is 4.44. The van der Waals surface area contributed by atoms with Gasteiger partial charge < -0.3 is 9.47 Å². The van der Waals surface area contributed by atoms with Gasteiger partial charge in [-0.05, 0) is 44.5 Å². The van der Waals surface area contributed by atoms with Crippen molar-refractivity contribution in [3.05, 3.63) is 23.8 Å². The average Bonchev–Trinajstić information content (AvgIpc) is 2.41. The van der Waals surface area contributed by atoms with Gasteiger partial charge in [-0.25, -0.2) is 8.42 Å². The summed E-state index contributed by atoms with van der Waals surface area (Å²) in [7, 11) is -2.38. The fourth-order valence-corrected chi connectivity index (χ4v) is 2.95. The van der Waals surface area contributed by atoms with Gasteiger partial charge in [-0.15, -0.1) is 0 Å². The molecule has 0 aliphatic carbocycles. The molecule has 21 heavy (non-hydrogen) atoms. The predicted octanol–water partition coefficient (Wildman–Crippen LogP) is 1.58. The molecule has 0 aliphatic heterocycles. The number of hydrogen-bond acceptors (Lipinski definition) is 5. The highest BCUT2D eigenvalue weighted by atomic mass is 32.2. The lowest BCUT2D eigenvalue weighted by molar-refractivity contribution is -0.143. The number of nitrogens with zero attached hydrogens (tertiary/aromatic N) is 1. The van der Waals surface area contributed by atoms with Gasteiger partial charge in [0.15, 0.2) is 0 Å². The number of aryl methyl sites for hydroxylation is 1. The van der Waals surface area contributed by atoms with Crippen LogP contribution in [0, 0.1) is 6.92 Å². The van der Waals surface area contributed by atoms with Crippen molar-refractivity contribution in [1.29, 1.82) is 0 Å². The second-order valence-corrected chi connectivity index (χ2v) is 6.47. The summed E-state index contributed by atoms with van der Waals surface area (Å²) in [4.78, 5) is 11.5. The number of carbonyl (C=O) groups is 1. The molecule has 0 unspecified atom stereocenters. The number of likely N-dealkylation sites (N-methyl/N-ethyl adjacent to an activating group) is 1. The van der Waals surface area contributed by atoms with Crippen LogP contribution >= 0.6 is 0 Å². The van der Waals surface area contributed by atoms with E-state index in [9.17, 15) is 13.2 Å². The first-order valence-electron chi connectivity index (χ1n) is 6.68. The van der Waals surface area contributed by atoms with Crippen LogP contribution in [0.1, 0.15) is 19.4 Å². The molecule has 0 bridgehead atoms. The summed E-state index contributed by atoms with van der Waals surface area (Å²) in [5.41, 5.74) is 0.724. The maximum Gasteiger partial charge on any atom is 0.321 e. The molecule has 0 amide bonds. The number of ether oxygens (including phenoxy) is 2. The molecule has 0 N–H and O–H groups in total. The van der Waals surface area contributed by atoms with Crippen molar-refractivity contribution in [2.24, 2.45) is 0 Å². The van der Waals surface area contributed by atoms with Crippen LogP contribution in [0.5, 0.6) is 5.75 Å². The molecule has 0 saturated carbocycles. The van der Waals surface area contributed by atoms with E-state index in [0.717, 1.165) is 9.87 Å². The summed E-state index contributed by atoms with van der Waals surface area (Å²) in [6.07, 6.45) is 0. The van der Waals surface area contributed by atoms with E-state index in [0.29, 0.717) is 12.4 Å². The molecule has 0 aromatic heterocycles. The summed E-state index contributed by atoms with van der Waals surface area (Å²) >= 11 is 0. The Balaban J connectivity index is 2.97. The van der Waals surface area contributed by atoms with Crippen molar-refractivity contribution >= 4 is 16.0 Å². The van der Waals surface area contributed by atoms with Crippen LogP contribution in [-0.2, 0) is 19.6 Å². The smallest absolute Gasteiger partial charge is 0.321 e. The van der Waals surface area contributed by atoms with Gasteiger partial charge in [0.2, 0.25) is 10.0 Å². The van der Waals surface area contributed by atoms with Gasteiger partial charge in [-0.2, -0.15) is 4.31 Å². The molecule has 0 atom stereocenters. The third-order valence-electron chi connectivity index (χ3n) is 2.81. The SMILES string of the molecule is CCOC(=O)CN(C)S(=O)(=O)c1ccc(OCC)c(C)c1. The molecule has 0 aliphatic rings. The zero-order valence-electron chi connectivity index (χ0n) is 12.8. The van der Waals surface area contributed by atoms with Crippen LogP contribution in [0.2, 0.25) is 0 Å². The predicted molar refractivity (Wildman–Crippen MR) is 78.8 cm³/mol.